The maximum atomic E-state index is 13.3. The Hall–Kier alpha value is -1.83. The number of nitrogens with zero attached hydrogens (tertiary/aromatic N) is 2. The van der Waals surface area contributed by atoms with E-state index in [2.05, 4.69) is 9.64 Å². The molecule has 2 atom stereocenters. The molecule has 0 radical (unpaired) electrons. The minimum absolute atomic E-state index is 0.0140. The third-order valence-corrected chi connectivity index (χ3v) is 4.77. The first-order chi connectivity index (χ1) is 11.8. The van der Waals surface area contributed by atoms with Crippen LogP contribution in [0.15, 0.2) is 24.3 Å². The molecule has 3 aliphatic rings. The van der Waals surface area contributed by atoms with Gasteiger partial charge in [0.1, 0.15) is 5.75 Å². The Kier molecular flexibility index (Phi) is 4.90. The quantitative estimate of drug-likeness (QED) is 0.774. The fraction of sp³-hybridized carbons (Fsp3) is 0.588. The number of alkyl halides is 4. The van der Waals surface area contributed by atoms with Gasteiger partial charge in [0, 0.05) is 25.7 Å². The smallest absolute Gasteiger partial charge is 0.427 e. The Morgan fingerprint density at radius 1 is 1.20 bits per heavy atom. The first kappa shape index (κ1) is 18.0. The zero-order chi connectivity index (χ0) is 18.2. The molecule has 2 bridgehead atoms. The number of carbonyl (C=O) groups is 1. The maximum Gasteiger partial charge on any atom is 0.461 e. The topological polar surface area (TPSA) is 32.8 Å². The van der Waals surface area contributed by atoms with Crippen LogP contribution in [-0.4, -0.2) is 61.0 Å². The first-order valence-corrected chi connectivity index (χ1v) is 8.21. The van der Waals surface area contributed by atoms with Gasteiger partial charge in [0.15, 0.2) is 0 Å². The minimum atomic E-state index is -4.64. The van der Waals surface area contributed by atoms with Gasteiger partial charge in [0.2, 0.25) is 0 Å². The number of halogens is 4. The van der Waals surface area contributed by atoms with Crippen LogP contribution in [0.5, 0.6) is 5.75 Å². The van der Waals surface area contributed by atoms with Crippen molar-refractivity contribution in [2.75, 3.05) is 26.7 Å². The molecule has 0 spiro atoms. The SMILES string of the molecule is CN1C[C@H]2CC[C@@H](C1)N(C(=O)c1ccccc1OC(F)(F)C(F)F)C2. The van der Waals surface area contributed by atoms with Gasteiger partial charge in [-0.15, -0.1) is 0 Å². The highest BCUT2D eigenvalue weighted by molar-refractivity contribution is 5.97. The van der Waals surface area contributed by atoms with Crippen molar-refractivity contribution in [2.45, 2.75) is 31.4 Å². The predicted molar refractivity (Wildman–Crippen MR) is 83.1 cm³/mol. The van der Waals surface area contributed by atoms with Crippen molar-refractivity contribution in [1.82, 2.24) is 9.80 Å². The average molecular weight is 360 g/mol. The summed E-state index contributed by atoms with van der Waals surface area (Å²) in [6.45, 7) is 2.12. The van der Waals surface area contributed by atoms with Gasteiger partial charge in [-0.2, -0.15) is 17.6 Å². The lowest BCUT2D eigenvalue weighted by Crippen LogP contribution is -2.47. The summed E-state index contributed by atoms with van der Waals surface area (Å²) in [5.74, 6) is -0.653. The Morgan fingerprint density at radius 2 is 1.92 bits per heavy atom. The molecule has 3 aliphatic heterocycles. The third-order valence-electron chi connectivity index (χ3n) is 4.77. The number of likely N-dealkylation sites (N-methyl/N-ethyl adjacent to an activating group) is 1. The molecule has 3 heterocycles. The zero-order valence-electron chi connectivity index (χ0n) is 13.8. The number of hydrogen-bond donors (Lipinski definition) is 0. The molecule has 4 nitrogen and oxygen atoms in total. The fourth-order valence-corrected chi connectivity index (χ4v) is 3.64. The lowest BCUT2D eigenvalue weighted by Gasteiger charge is -2.36. The molecule has 8 heteroatoms. The Balaban J connectivity index is 1.86. The van der Waals surface area contributed by atoms with Crippen molar-refractivity contribution >= 4 is 5.91 Å². The second kappa shape index (κ2) is 6.82. The molecule has 4 rings (SSSR count). The maximum absolute atomic E-state index is 13.3. The Bertz CT molecular complexity index is 641. The van der Waals surface area contributed by atoms with E-state index in [-0.39, 0.29) is 11.6 Å². The number of fused-ring (bicyclic) bond motifs is 4. The van der Waals surface area contributed by atoms with Crippen LogP contribution in [0.25, 0.3) is 0 Å². The number of amides is 1. The number of hydrogen-bond acceptors (Lipinski definition) is 3. The number of rotatable bonds is 4. The summed E-state index contributed by atoms with van der Waals surface area (Å²) < 4.78 is 55.6. The molecule has 1 amide bonds. The highest BCUT2D eigenvalue weighted by Gasteiger charge is 2.45. The van der Waals surface area contributed by atoms with Crippen molar-refractivity contribution in [2.24, 2.45) is 5.92 Å². The van der Waals surface area contributed by atoms with Crippen LogP contribution < -0.4 is 4.74 Å². The van der Waals surface area contributed by atoms with Crippen LogP contribution in [0.2, 0.25) is 0 Å². The monoisotopic (exact) mass is 360 g/mol. The molecule has 1 aromatic rings. The van der Waals surface area contributed by atoms with Crippen LogP contribution in [0.1, 0.15) is 23.2 Å². The molecule has 0 aliphatic carbocycles. The highest BCUT2D eigenvalue weighted by Crippen LogP contribution is 2.33. The molecule has 0 saturated carbocycles. The van der Waals surface area contributed by atoms with Crippen LogP contribution in [-0.2, 0) is 0 Å². The van der Waals surface area contributed by atoms with E-state index in [4.69, 9.17) is 0 Å². The van der Waals surface area contributed by atoms with Gasteiger partial charge in [-0.25, -0.2) is 0 Å². The van der Waals surface area contributed by atoms with Crippen LogP contribution in [0.4, 0.5) is 17.6 Å². The zero-order valence-corrected chi connectivity index (χ0v) is 13.8. The predicted octanol–water partition coefficient (Wildman–Crippen LogP) is 3.09. The summed E-state index contributed by atoms with van der Waals surface area (Å²) in [7, 11) is 1.99. The number of piperidine rings is 1. The van der Waals surface area contributed by atoms with Gasteiger partial charge in [-0.1, -0.05) is 12.1 Å². The van der Waals surface area contributed by atoms with Crippen molar-refractivity contribution < 1.29 is 27.1 Å². The van der Waals surface area contributed by atoms with E-state index < -0.39 is 24.2 Å². The largest absolute Gasteiger partial charge is 0.461 e. The lowest BCUT2D eigenvalue weighted by atomic mass is 9.94. The normalized spacial score (nSPS) is 24.5. The van der Waals surface area contributed by atoms with E-state index in [0.29, 0.717) is 19.0 Å². The van der Waals surface area contributed by atoms with E-state index in [0.717, 1.165) is 25.5 Å². The molecule has 0 aromatic heterocycles. The first-order valence-electron chi connectivity index (χ1n) is 8.21. The molecule has 1 aromatic carbocycles. The van der Waals surface area contributed by atoms with Gasteiger partial charge in [-0.05, 0) is 37.9 Å². The van der Waals surface area contributed by atoms with Gasteiger partial charge in [0.25, 0.3) is 5.91 Å². The summed E-state index contributed by atoms with van der Waals surface area (Å²) in [5.41, 5.74) is -0.113. The van der Waals surface area contributed by atoms with Crippen LogP contribution in [0.3, 0.4) is 0 Å². The molecule has 0 N–H and O–H groups in total. The molecule has 0 unspecified atom stereocenters. The van der Waals surface area contributed by atoms with Gasteiger partial charge in [0.05, 0.1) is 5.56 Å². The lowest BCUT2D eigenvalue weighted by molar-refractivity contribution is -0.253. The Labute approximate surface area is 143 Å². The summed E-state index contributed by atoms with van der Waals surface area (Å²) in [6.07, 6.45) is -6.76. The molecular formula is C17H20F4N2O2. The highest BCUT2D eigenvalue weighted by atomic mass is 19.3. The van der Waals surface area contributed by atoms with Crippen molar-refractivity contribution in [3.63, 3.8) is 0 Å². The number of benzene rings is 1. The van der Waals surface area contributed by atoms with E-state index in [1.54, 1.807) is 4.90 Å². The third kappa shape index (κ3) is 3.73. The Morgan fingerprint density at radius 3 is 2.64 bits per heavy atom. The van der Waals surface area contributed by atoms with Crippen LogP contribution in [0, 0.1) is 5.92 Å². The number of para-hydroxylation sites is 1. The molecular weight excluding hydrogens is 340 g/mol. The summed E-state index contributed by atoms with van der Waals surface area (Å²) >= 11 is 0. The van der Waals surface area contributed by atoms with E-state index in [1.807, 2.05) is 7.05 Å². The van der Waals surface area contributed by atoms with E-state index in [1.165, 1.54) is 18.2 Å². The van der Waals surface area contributed by atoms with Gasteiger partial charge >= 0.3 is 12.5 Å². The number of carbonyl (C=O) groups excluding carboxylic acids is 1. The summed E-state index contributed by atoms with van der Waals surface area (Å²) in [4.78, 5) is 16.7. The summed E-state index contributed by atoms with van der Waals surface area (Å²) in [6, 6.07) is 5.31. The standard InChI is InChI=1S/C17H20F4N2O2/c1-22-8-11-6-7-12(10-22)23(9-11)15(24)13-4-2-3-5-14(13)25-17(20,21)16(18)19/h2-5,11-12,16H,6-10H2,1H3/t11-,12+/m1/s1. The molecule has 138 valence electrons. The molecule has 25 heavy (non-hydrogen) atoms. The van der Waals surface area contributed by atoms with Crippen molar-refractivity contribution in [1.29, 1.82) is 0 Å². The van der Waals surface area contributed by atoms with Crippen LogP contribution >= 0.6 is 0 Å². The number of ether oxygens (including phenoxy) is 1. The summed E-state index contributed by atoms with van der Waals surface area (Å²) in [5, 5.41) is 0. The average Bonchev–Trinajstić information content (AvgIpc) is 2.83. The second-order valence-electron chi connectivity index (χ2n) is 6.74. The van der Waals surface area contributed by atoms with Gasteiger partial charge < -0.3 is 14.5 Å². The van der Waals surface area contributed by atoms with Crippen molar-refractivity contribution in [3.8, 4) is 5.75 Å². The molecule has 3 saturated heterocycles. The van der Waals surface area contributed by atoms with Gasteiger partial charge in [-0.3, -0.25) is 4.79 Å². The fourth-order valence-electron chi connectivity index (χ4n) is 3.64. The van der Waals surface area contributed by atoms with E-state index >= 15 is 0 Å². The minimum Gasteiger partial charge on any atom is -0.427 e. The second-order valence-corrected chi connectivity index (χ2v) is 6.74. The van der Waals surface area contributed by atoms with E-state index in [9.17, 15) is 22.4 Å². The van der Waals surface area contributed by atoms with Crippen molar-refractivity contribution in [3.05, 3.63) is 29.8 Å². The molecule has 3 fully saturated rings.